The molecule has 0 unspecified atom stereocenters. The minimum Gasteiger partial charge on any atom is -0.374 e. The first-order valence-electron chi connectivity index (χ1n) is 9.30. The van der Waals surface area contributed by atoms with Crippen LogP contribution in [0.1, 0.15) is 26.2 Å². The van der Waals surface area contributed by atoms with E-state index in [0.717, 1.165) is 24.9 Å². The number of benzene rings is 2. The van der Waals surface area contributed by atoms with Gasteiger partial charge in [-0.25, -0.2) is 8.42 Å². The van der Waals surface area contributed by atoms with Gasteiger partial charge in [0.25, 0.3) is 0 Å². The highest BCUT2D eigenvalue weighted by Crippen LogP contribution is 2.28. The van der Waals surface area contributed by atoms with E-state index in [0.29, 0.717) is 13.1 Å². The number of nitrogens with zero attached hydrogens (tertiary/aromatic N) is 1. The smallest absolute Gasteiger partial charge is 0.246 e. The van der Waals surface area contributed by atoms with Crippen LogP contribution in [0.5, 0.6) is 0 Å². The van der Waals surface area contributed by atoms with Gasteiger partial charge in [0.2, 0.25) is 15.9 Å². The molecule has 2 aromatic carbocycles. The molecule has 1 amide bonds. The van der Waals surface area contributed by atoms with E-state index < -0.39 is 16.1 Å². The van der Waals surface area contributed by atoms with Crippen LogP contribution in [0.25, 0.3) is 0 Å². The van der Waals surface area contributed by atoms with Gasteiger partial charge in [0.1, 0.15) is 6.04 Å². The minimum atomic E-state index is -3.60. The molecular weight excluding hydrogens is 398 g/mol. The van der Waals surface area contributed by atoms with E-state index in [2.05, 4.69) is 10.6 Å². The zero-order valence-electron chi connectivity index (χ0n) is 15.7. The first kappa shape index (κ1) is 20.6. The molecule has 1 aliphatic rings. The van der Waals surface area contributed by atoms with Crippen LogP contribution in [0.15, 0.2) is 53.4 Å². The van der Waals surface area contributed by atoms with Gasteiger partial charge in [0, 0.05) is 18.8 Å². The molecule has 150 valence electrons. The molecule has 0 aliphatic carbocycles. The fraction of sp³-hybridized carbons (Fsp3) is 0.350. The van der Waals surface area contributed by atoms with Crippen molar-refractivity contribution in [1.82, 2.24) is 4.31 Å². The van der Waals surface area contributed by atoms with Crippen LogP contribution >= 0.6 is 11.6 Å². The monoisotopic (exact) mass is 421 g/mol. The summed E-state index contributed by atoms with van der Waals surface area (Å²) in [5, 5.41) is 6.12. The van der Waals surface area contributed by atoms with Crippen molar-refractivity contribution >= 4 is 38.9 Å². The summed E-state index contributed by atoms with van der Waals surface area (Å²) in [5.41, 5.74) is 1.10. The molecule has 2 N–H and O–H groups in total. The molecule has 0 spiro atoms. The van der Waals surface area contributed by atoms with E-state index in [1.54, 1.807) is 6.92 Å². The number of anilines is 2. The third-order valence-electron chi connectivity index (χ3n) is 4.70. The minimum absolute atomic E-state index is 0.137. The summed E-state index contributed by atoms with van der Waals surface area (Å²) in [4.78, 5) is 12.7. The van der Waals surface area contributed by atoms with Crippen LogP contribution in [-0.2, 0) is 14.8 Å². The summed E-state index contributed by atoms with van der Waals surface area (Å²) in [6, 6.07) is 13.3. The van der Waals surface area contributed by atoms with Crippen molar-refractivity contribution in [3.05, 3.63) is 53.6 Å². The van der Waals surface area contributed by atoms with Gasteiger partial charge in [-0.2, -0.15) is 4.31 Å². The summed E-state index contributed by atoms with van der Waals surface area (Å²) in [6.07, 6.45) is 2.76. The maximum atomic E-state index is 12.9. The van der Waals surface area contributed by atoms with Gasteiger partial charge in [-0.1, -0.05) is 36.2 Å². The Bertz CT molecular complexity index is 929. The first-order chi connectivity index (χ1) is 13.4. The average Bonchev–Trinajstić information content (AvgIpc) is 2.71. The number of nitrogens with one attached hydrogen (secondary N) is 2. The Labute approximate surface area is 170 Å². The number of rotatable bonds is 6. The van der Waals surface area contributed by atoms with Crippen molar-refractivity contribution in [3.63, 3.8) is 0 Å². The molecule has 1 aliphatic heterocycles. The molecule has 0 saturated carbocycles. The Morgan fingerprint density at radius 1 is 1.07 bits per heavy atom. The molecule has 8 heteroatoms. The second-order valence-corrected chi connectivity index (χ2v) is 9.17. The van der Waals surface area contributed by atoms with E-state index in [9.17, 15) is 13.2 Å². The van der Waals surface area contributed by atoms with E-state index in [1.165, 1.54) is 22.5 Å². The maximum Gasteiger partial charge on any atom is 0.246 e. The summed E-state index contributed by atoms with van der Waals surface area (Å²) < 4.78 is 27.2. The number of amides is 1. The molecule has 1 fully saturated rings. The second kappa shape index (κ2) is 8.94. The van der Waals surface area contributed by atoms with E-state index in [-0.39, 0.29) is 21.5 Å². The number of carbonyl (C=O) groups excluding carboxylic acids is 1. The van der Waals surface area contributed by atoms with Crippen LogP contribution in [0.2, 0.25) is 5.02 Å². The lowest BCUT2D eigenvalue weighted by Crippen LogP contribution is -2.35. The lowest BCUT2D eigenvalue weighted by Gasteiger charge is -2.26. The predicted octanol–water partition coefficient (Wildman–Crippen LogP) is 3.95. The SMILES string of the molecule is C[C@H](Nc1ccccc1)C(=O)Nc1cc(S(=O)(=O)N2CCCCC2)ccc1Cl. The van der Waals surface area contributed by atoms with Gasteiger partial charge in [0.05, 0.1) is 15.6 Å². The van der Waals surface area contributed by atoms with E-state index >= 15 is 0 Å². The Morgan fingerprint density at radius 3 is 2.43 bits per heavy atom. The highest BCUT2D eigenvalue weighted by atomic mass is 35.5. The van der Waals surface area contributed by atoms with Crippen molar-refractivity contribution in [1.29, 1.82) is 0 Å². The molecule has 3 rings (SSSR count). The third-order valence-corrected chi connectivity index (χ3v) is 6.92. The summed E-state index contributed by atoms with van der Waals surface area (Å²) in [7, 11) is -3.60. The van der Waals surface area contributed by atoms with Crippen LogP contribution in [0.3, 0.4) is 0 Å². The van der Waals surface area contributed by atoms with Crippen molar-refractivity contribution in [2.24, 2.45) is 0 Å². The number of hydrogen-bond acceptors (Lipinski definition) is 4. The van der Waals surface area contributed by atoms with Gasteiger partial charge < -0.3 is 10.6 Å². The van der Waals surface area contributed by atoms with Crippen LogP contribution in [0.4, 0.5) is 11.4 Å². The number of piperidine rings is 1. The lowest BCUT2D eigenvalue weighted by atomic mass is 10.2. The Balaban J connectivity index is 1.75. The average molecular weight is 422 g/mol. The number of hydrogen-bond donors (Lipinski definition) is 2. The molecule has 1 heterocycles. The van der Waals surface area contributed by atoms with Crippen LogP contribution in [-0.4, -0.2) is 37.8 Å². The largest absolute Gasteiger partial charge is 0.374 e. The number of para-hydroxylation sites is 1. The third kappa shape index (κ3) is 4.84. The Kier molecular flexibility index (Phi) is 6.59. The highest BCUT2D eigenvalue weighted by Gasteiger charge is 2.27. The lowest BCUT2D eigenvalue weighted by molar-refractivity contribution is -0.116. The van der Waals surface area contributed by atoms with Crippen LogP contribution < -0.4 is 10.6 Å². The molecule has 2 aromatic rings. The van der Waals surface area contributed by atoms with Gasteiger partial charge in [-0.15, -0.1) is 0 Å². The summed E-state index contributed by atoms with van der Waals surface area (Å²) >= 11 is 6.20. The zero-order chi connectivity index (χ0) is 20.1. The molecule has 1 saturated heterocycles. The van der Waals surface area contributed by atoms with Gasteiger partial charge in [-0.05, 0) is 50.1 Å². The normalized spacial score (nSPS) is 16.4. The van der Waals surface area contributed by atoms with Crippen molar-refractivity contribution < 1.29 is 13.2 Å². The standard InChI is InChI=1S/C20H24ClN3O3S/c1-15(22-16-8-4-2-5-9-16)20(25)23-19-14-17(10-11-18(19)21)28(26,27)24-12-6-3-7-13-24/h2,4-5,8-11,14-15,22H,3,6-7,12-13H2,1H3,(H,23,25)/t15-/m0/s1. The van der Waals surface area contributed by atoms with E-state index in [1.807, 2.05) is 30.3 Å². The quantitative estimate of drug-likeness (QED) is 0.740. The molecule has 1 atom stereocenters. The number of carbonyl (C=O) groups is 1. The molecule has 28 heavy (non-hydrogen) atoms. The summed E-state index contributed by atoms with van der Waals surface area (Å²) in [6.45, 7) is 2.76. The Hall–Kier alpha value is -2.09. The van der Waals surface area contributed by atoms with Crippen LogP contribution in [0, 0.1) is 0 Å². The fourth-order valence-corrected chi connectivity index (χ4v) is 4.81. The van der Waals surface area contributed by atoms with E-state index in [4.69, 9.17) is 11.6 Å². The zero-order valence-corrected chi connectivity index (χ0v) is 17.3. The van der Waals surface area contributed by atoms with Crippen molar-refractivity contribution in [2.75, 3.05) is 23.7 Å². The molecular formula is C20H24ClN3O3S. The van der Waals surface area contributed by atoms with Crippen molar-refractivity contribution in [2.45, 2.75) is 37.1 Å². The second-order valence-electron chi connectivity index (χ2n) is 6.83. The van der Waals surface area contributed by atoms with Gasteiger partial charge in [-0.3, -0.25) is 4.79 Å². The molecule has 0 aromatic heterocycles. The number of halogens is 1. The van der Waals surface area contributed by atoms with Crippen molar-refractivity contribution in [3.8, 4) is 0 Å². The highest BCUT2D eigenvalue weighted by molar-refractivity contribution is 7.89. The summed E-state index contributed by atoms with van der Waals surface area (Å²) in [5.74, 6) is -0.307. The molecule has 6 nitrogen and oxygen atoms in total. The molecule has 0 bridgehead atoms. The van der Waals surface area contributed by atoms with Gasteiger partial charge in [0.15, 0.2) is 0 Å². The predicted molar refractivity (Wildman–Crippen MR) is 112 cm³/mol. The fourth-order valence-electron chi connectivity index (χ4n) is 3.11. The number of sulfonamides is 1. The Morgan fingerprint density at radius 2 is 1.75 bits per heavy atom. The maximum absolute atomic E-state index is 12.9. The van der Waals surface area contributed by atoms with Gasteiger partial charge >= 0.3 is 0 Å². The topological polar surface area (TPSA) is 78.5 Å². The first-order valence-corrected chi connectivity index (χ1v) is 11.1. The molecule has 0 radical (unpaired) electrons.